The summed E-state index contributed by atoms with van der Waals surface area (Å²) in [5.41, 5.74) is 2.23. The number of pyridine rings is 1. The van der Waals surface area contributed by atoms with E-state index < -0.39 is 0 Å². The summed E-state index contributed by atoms with van der Waals surface area (Å²) in [5, 5.41) is 9.40. The quantitative estimate of drug-likeness (QED) is 0.632. The van der Waals surface area contributed by atoms with Crippen LogP contribution in [-0.2, 0) is 16.1 Å². The van der Waals surface area contributed by atoms with Crippen LogP contribution < -0.4 is 10.6 Å². The van der Waals surface area contributed by atoms with Gasteiger partial charge in [0.2, 0.25) is 0 Å². The van der Waals surface area contributed by atoms with Gasteiger partial charge in [0.25, 0.3) is 0 Å². The highest BCUT2D eigenvalue weighted by Crippen LogP contribution is 2.19. The van der Waals surface area contributed by atoms with Gasteiger partial charge in [0.15, 0.2) is 5.65 Å². The normalized spacial score (nSPS) is 10.6. The van der Waals surface area contributed by atoms with Gasteiger partial charge in [-0.1, -0.05) is 0 Å². The zero-order valence-corrected chi connectivity index (χ0v) is 15.0. The summed E-state index contributed by atoms with van der Waals surface area (Å²) >= 11 is 0. The maximum absolute atomic E-state index is 11.6. The van der Waals surface area contributed by atoms with E-state index in [1.165, 1.54) is 4.68 Å². The Balaban J connectivity index is 1.82. The highest BCUT2D eigenvalue weighted by Gasteiger charge is 2.10. The van der Waals surface area contributed by atoms with Crippen molar-refractivity contribution in [3.05, 3.63) is 30.7 Å². The molecule has 0 atom stereocenters. The third kappa shape index (κ3) is 4.54. The number of esters is 1. The molecule has 0 spiro atoms. The highest BCUT2D eigenvalue weighted by molar-refractivity contribution is 5.89. The number of amides is 2. The lowest BCUT2D eigenvalue weighted by molar-refractivity contribution is -0.144. The summed E-state index contributed by atoms with van der Waals surface area (Å²) in [4.78, 5) is 36.3. The molecule has 140 valence electrons. The van der Waals surface area contributed by atoms with Crippen molar-refractivity contribution in [3.8, 4) is 11.3 Å². The lowest BCUT2D eigenvalue weighted by Crippen LogP contribution is -2.28. The van der Waals surface area contributed by atoms with E-state index in [0.717, 1.165) is 0 Å². The van der Waals surface area contributed by atoms with Crippen LogP contribution in [0.3, 0.4) is 0 Å². The fourth-order valence-electron chi connectivity index (χ4n) is 2.35. The van der Waals surface area contributed by atoms with Crippen molar-refractivity contribution in [2.75, 3.05) is 18.5 Å². The van der Waals surface area contributed by atoms with Crippen LogP contribution in [0, 0.1) is 0 Å². The molecule has 10 heteroatoms. The van der Waals surface area contributed by atoms with Gasteiger partial charge < -0.3 is 10.1 Å². The Hall–Kier alpha value is -3.56. The van der Waals surface area contributed by atoms with E-state index in [-0.39, 0.29) is 18.5 Å². The van der Waals surface area contributed by atoms with Crippen LogP contribution in [0.5, 0.6) is 0 Å². The summed E-state index contributed by atoms with van der Waals surface area (Å²) in [6.07, 6.45) is 4.88. The van der Waals surface area contributed by atoms with Crippen molar-refractivity contribution in [2.24, 2.45) is 0 Å². The lowest BCUT2D eigenvalue weighted by Gasteiger charge is -2.06. The molecule has 2 amide bonds. The summed E-state index contributed by atoms with van der Waals surface area (Å²) in [5.74, 6) is 0.0115. The molecule has 0 aliphatic heterocycles. The van der Waals surface area contributed by atoms with E-state index in [0.29, 0.717) is 41.4 Å². The minimum atomic E-state index is -0.362. The molecule has 10 nitrogen and oxygen atoms in total. The maximum atomic E-state index is 11.6. The molecule has 0 aliphatic rings. The van der Waals surface area contributed by atoms with Gasteiger partial charge in [-0.3, -0.25) is 19.8 Å². The van der Waals surface area contributed by atoms with Crippen molar-refractivity contribution in [3.63, 3.8) is 0 Å². The number of carbonyl (C=O) groups excluding carboxylic acids is 2. The molecule has 0 saturated carbocycles. The van der Waals surface area contributed by atoms with E-state index in [2.05, 4.69) is 30.7 Å². The number of rotatable bonds is 6. The molecule has 0 aliphatic carbocycles. The number of carbonyl (C=O) groups is 2. The molecule has 0 aromatic carbocycles. The molecule has 0 unspecified atom stereocenters. The number of aromatic nitrogens is 5. The Bertz CT molecular complexity index is 970. The van der Waals surface area contributed by atoms with E-state index in [1.54, 1.807) is 37.6 Å². The molecule has 0 fully saturated rings. The first-order valence-electron chi connectivity index (χ1n) is 8.46. The fraction of sp³-hybridized carbons (Fsp3) is 0.294. The average Bonchev–Trinajstić information content (AvgIpc) is 3.10. The predicted octanol–water partition coefficient (Wildman–Crippen LogP) is 1.59. The summed E-state index contributed by atoms with van der Waals surface area (Å²) in [6.45, 7) is 4.43. The second-order valence-corrected chi connectivity index (χ2v) is 5.51. The summed E-state index contributed by atoms with van der Waals surface area (Å²) in [6, 6.07) is 3.04. The molecule has 27 heavy (non-hydrogen) atoms. The predicted molar refractivity (Wildman–Crippen MR) is 97.9 cm³/mol. The first kappa shape index (κ1) is 18.2. The fourth-order valence-corrected chi connectivity index (χ4v) is 2.35. The Morgan fingerprint density at radius 2 is 2.04 bits per heavy atom. The second-order valence-electron chi connectivity index (χ2n) is 5.51. The van der Waals surface area contributed by atoms with Crippen molar-refractivity contribution >= 4 is 29.0 Å². The molecule has 0 bridgehead atoms. The molecule has 3 aromatic rings. The van der Waals surface area contributed by atoms with E-state index in [1.807, 2.05) is 6.92 Å². The molecular formula is C17H19N7O3. The minimum Gasteiger partial charge on any atom is -0.465 e. The second kappa shape index (κ2) is 8.21. The summed E-state index contributed by atoms with van der Waals surface area (Å²) in [7, 11) is 0. The maximum Gasteiger partial charge on any atom is 0.327 e. The van der Waals surface area contributed by atoms with Crippen LogP contribution >= 0.6 is 0 Å². The third-order valence-corrected chi connectivity index (χ3v) is 3.51. The van der Waals surface area contributed by atoms with Crippen molar-refractivity contribution in [1.82, 2.24) is 30.0 Å². The smallest absolute Gasteiger partial charge is 0.327 e. The Morgan fingerprint density at radius 3 is 2.81 bits per heavy atom. The average molecular weight is 369 g/mol. The van der Waals surface area contributed by atoms with E-state index in [9.17, 15) is 9.59 Å². The van der Waals surface area contributed by atoms with Crippen LogP contribution in [0.15, 0.2) is 30.7 Å². The molecular weight excluding hydrogens is 350 g/mol. The highest BCUT2D eigenvalue weighted by atomic mass is 16.5. The molecule has 0 saturated heterocycles. The van der Waals surface area contributed by atoms with E-state index in [4.69, 9.17) is 4.74 Å². The topological polar surface area (TPSA) is 124 Å². The molecule has 3 aromatic heterocycles. The first-order chi connectivity index (χ1) is 13.1. The number of urea groups is 1. The number of ether oxygens (including phenoxy) is 1. The summed E-state index contributed by atoms with van der Waals surface area (Å²) < 4.78 is 6.38. The van der Waals surface area contributed by atoms with Crippen LogP contribution in [-0.4, -0.2) is 49.9 Å². The van der Waals surface area contributed by atoms with Gasteiger partial charge in [0.1, 0.15) is 17.9 Å². The monoisotopic (exact) mass is 369 g/mol. The molecule has 3 heterocycles. The Labute approximate surface area is 155 Å². The van der Waals surface area contributed by atoms with Gasteiger partial charge in [-0.2, -0.15) is 5.10 Å². The Kier molecular flexibility index (Phi) is 5.55. The standard InChI is InChI=1S/C17H19N7O3/c1-3-18-17(26)23-14-6-5-12-16(22-14)21-13(8-19-12)11-7-20-24(9-11)10-15(25)27-4-2/h5-9H,3-4,10H2,1-2H3,(H2,18,21,22,23,26). The van der Waals surface area contributed by atoms with Crippen molar-refractivity contribution < 1.29 is 14.3 Å². The van der Waals surface area contributed by atoms with Gasteiger partial charge >= 0.3 is 12.0 Å². The van der Waals surface area contributed by atoms with E-state index >= 15 is 0 Å². The Morgan fingerprint density at radius 1 is 1.19 bits per heavy atom. The number of hydrogen-bond donors (Lipinski definition) is 2. The van der Waals surface area contributed by atoms with Gasteiger partial charge in [0.05, 0.1) is 24.7 Å². The number of nitrogens with one attached hydrogen (secondary N) is 2. The van der Waals surface area contributed by atoms with Crippen LogP contribution in [0.1, 0.15) is 13.8 Å². The number of fused-ring (bicyclic) bond motifs is 1. The number of hydrogen-bond acceptors (Lipinski definition) is 7. The largest absolute Gasteiger partial charge is 0.465 e. The van der Waals surface area contributed by atoms with Gasteiger partial charge in [0, 0.05) is 18.3 Å². The minimum absolute atomic E-state index is 0.0215. The zero-order chi connectivity index (χ0) is 19.2. The van der Waals surface area contributed by atoms with Gasteiger partial charge in [-0.05, 0) is 26.0 Å². The SMILES string of the molecule is CCNC(=O)Nc1ccc2ncc(-c3cnn(CC(=O)OCC)c3)nc2n1. The lowest BCUT2D eigenvalue weighted by atomic mass is 10.2. The van der Waals surface area contributed by atoms with Crippen LogP contribution in [0.25, 0.3) is 22.4 Å². The van der Waals surface area contributed by atoms with Crippen molar-refractivity contribution in [1.29, 1.82) is 0 Å². The van der Waals surface area contributed by atoms with Crippen LogP contribution in [0.2, 0.25) is 0 Å². The van der Waals surface area contributed by atoms with Gasteiger partial charge in [-0.25, -0.2) is 14.8 Å². The van der Waals surface area contributed by atoms with Crippen molar-refractivity contribution in [2.45, 2.75) is 20.4 Å². The number of anilines is 1. The van der Waals surface area contributed by atoms with Crippen LogP contribution in [0.4, 0.5) is 10.6 Å². The third-order valence-electron chi connectivity index (χ3n) is 3.51. The first-order valence-corrected chi connectivity index (χ1v) is 8.46. The molecule has 0 radical (unpaired) electrons. The number of nitrogens with zero attached hydrogens (tertiary/aromatic N) is 5. The molecule has 2 N–H and O–H groups in total. The van der Waals surface area contributed by atoms with Gasteiger partial charge in [-0.15, -0.1) is 0 Å². The molecule has 3 rings (SSSR count). The zero-order valence-electron chi connectivity index (χ0n) is 15.0.